The van der Waals surface area contributed by atoms with Gasteiger partial charge < -0.3 is 19.1 Å². The molecule has 186 valence electrons. The summed E-state index contributed by atoms with van der Waals surface area (Å²) in [5, 5.41) is 0. The van der Waals surface area contributed by atoms with Crippen LogP contribution in [0.4, 0.5) is 0 Å². The van der Waals surface area contributed by atoms with Crippen molar-refractivity contribution in [3.8, 4) is 0 Å². The van der Waals surface area contributed by atoms with Gasteiger partial charge in [-0.3, -0.25) is 9.59 Å². The van der Waals surface area contributed by atoms with E-state index in [1.807, 2.05) is 11.0 Å². The zero-order valence-electron chi connectivity index (χ0n) is 21.0. The quantitative estimate of drug-likeness (QED) is 0.423. The summed E-state index contributed by atoms with van der Waals surface area (Å²) in [6, 6.07) is 14.8. The first kappa shape index (κ1) is 26.0. The van der Waals surface area contributed by atoms with E-state index in [9.17, 15) is 9.59 Å². The molecule has 0 atom stereocenters. The van der Waals surface area contributed by atoms with Gasteiger partial charge in [-0.15, -0.1) is 0 Å². The SMILES string of the molecule is CCCCC(=O)N(CCOC)CC(=O)N(Cc1cccn1Cc1ccccc1)C1CCCCC1. The van der Waals surface area contributed by atoms with E-state index in [1.54, 1.807) is 12.0 Å². The van der Waals surface area contributed by atoms with E-state index in [1.165, 1.54) is 12.0 Å². The maximum absolute atomic E-state index is 13.7. The van der Waals surface area contributed by atoms with E-state index < -0.39 is 0 Å². The lowest BCUT2D eigenvalue weighted by Gasteiger charge is -2.36. The zero-order valence-corrected chi connectivity index (χ0v) is 21.0. The second-order valence-electron chi connectivity index (χ2n) is 9.34. The molecule has 0 unspecified atom stereocenters. The van der Waals surface area contributed by atoms with Crippen LogP contribution in [-0.4, -0.2) is 59.0 Å². The van der Waals surface area contributed by atoms with Crippen LogP contribution in [0.3, 0.4) is 0 Å². The first-order valence-corrected chi connectivity index (χ1v) is 12.9. The highest BCUT2D eigenvalue weighted by molar-refractivity contribution is 5.85. The van der Waals surface area contributed by atoms with E-state index in [-0.39, 0.29) is 24.4 Å². The Kier molecular flexibility index (Phi) is 10.7. The molecular formula is C28H41N3O3. The van der Waals surface area contributed by atoms with Crippen LogP contribution in [0.15, 0.2) is 48.7 Å². The van der Waals surface area contributed by atoms with Crippen molar-refractivity contribution in [2.45, 2.75) is 77.4 Å². The molecule has 3 rings (SSSR count). The first-order chi connectivity index (χ1) is 16.6. The van der Waals surface area contributed by atoms with Crippen molar-refractivity contribution in [3.63, 3.8) is 0 Å². The highest BCUT2D eigenvalue weighted by atomic mass is 16.5. The third kappa shape index (κ3) is 7.73. The maximum atomic E-state index is 13.7. The molecule has 0 aliphatic heterocycles. The highest BCUT2D eigenvalue weighted by Gasteiger charge is 2.28. The van der Waals surface area contributed by atoms with Crippen LogP contribution in [0.25, 0.3) is 0 Å². The topological polar surface area (TPSA) is 54.8 Å². The van der Waals surface area contributed by atoms with Gasteiger partial charge in [0.15, 0.2) is 0 Å². The minimum absolute atomic E-state index is 0.0420. The van der Waals surface area contributed by atoms with E-state index >= 15 is 0 Å². The van der Waals surface area contributed by atoms with Gasteiger partial charge in [0.1, 0.15) is 0 Å². The molecule has 0 spiro atoms. The molecule has 1 aliphatic carbocycles. The third-order valence-corrected chi connectivity index (χ3v) is 6.78. The minimum atomic E-state index is 0.0420. The molecule has 1 fully saturated rings. The fraction of sp³-hybridized carbons (Fsp3) is 0.571. The van der Waals surface area contributed by atoms with Crippen molar-refractivity contribution in [1.82, 2.24) is 14.4 Å². The van der Waals surface area contributed by atoms with Gasteiger partial charge in [-0.2, -0.15) is 0 Å². The van der Waals surface area contributed by atoms with Crippen molar-refractivity contribution < 1.29 is 14.3 Å². The number of carbonyl (C=O) groups is 2. The maximum Gasteiger partial charge on any atom is 0.242 e. The molecule has 6 nitrogen and oxygen atoms in total. The summed E-state index contributed by atoms with van der Waals surface area (Å²) in [5.41, 5.74) is 2.37. The first-order valence-electron chi connectivity index (χ1n) is 12.9. The number of amides is 2. The fourth-order valence-electron chi connectivity index (χ4n) is 4.75. The summed E-state index contributed by atoms with van der Waals surface area (Å²) in [6.45, 7) is 4.45. The van der Waals surface area contributed by atoms with Gasteiger partial charge in [-0.1, -0.05) is 62.9 Å². The van der Waals surface area contributed by atoms with Gasteiger partial charge in [-0.05, 0) is 37.0 Å². The Morgan fingerprint density at radius 1 is 1.03 bits per heavy atom. The van der Waals surface area contributed by atoms with Crippen molar-refractivity contribution in [3.05, 3.63) is 59.9 Å². The van der Waals surface area contributed by atoms with E-state index in [4.69, 9.17) is 4.74 Å². The Morgan fingerprint density at radius 3 is 2.50 bits per heavy atom. The predicted octanol–water partition coefficient (Wildman–Crippen LogP) is 4.86. The second-order valence-corrected chi connectivity index (χ2v) is 9.34. The van der Waals surface area contributed by atoms with Crippen LogP contribution in [0.5, 0.6) is 0 Å². The zero-order chi connectivity index (χ0) is 24.2. The molecule has 1 aromatic carbocycles. The summed E-state index contributed by atoms with van der Waals surface area (Å²) >= 11 is 0. The summed E-state index contributed by atoms with van der Waals surface area (Å²) in [4.78, 5) is 30.2. The number of nitrogens with zero attached hydrogens (tertiary/aromatic N) is 3. The number of aromatic nitrogens is 1. The van der Waals surface area contributed by atoms with Gasteiger partial charge in [0.25, 0.3) is 0 Å². The lowest BCUT2D eigenvalue weighted by molar-refractivity contribution is -0.143. The van der Waals surface area contributed by atoms with Gasteiger partial charge in [0.2, 0.25) is 11.8 Å². The molecule has 1 heterocycles. The highest BCUT2D eigenvalue weighted by Crippen LogP contribution is 2.25. The van der Waals surface area contributed by atoms with Crippen LogP contribution >= 0.6 is 0 Å². The Bertz CT molecular complexity index is 874. The summed E-state index contributed by atoms with van der Waals surface area (Å²) in [6.07, 6.45) is 9.99. The molecule has 6 heteroatoms. The number of benzene rings is 1. The largest absolute Gasteiger partial charge is 0.383 e. The molecule has 0 saturated heterocycles. The van der Waals surface area contributed by atoms with E-state index in [2.05, 4.69) is 54.1 Å². The molecule has 2 aromatic rings. The summed E-state index contributed by atoms with van der Waals surface area (Å²) < 4.78 is 7.45. The Labute approximate surface area is 204 Å². The van der Waals surface area contributed by atoms with E-state index in [0.29, 0.717) is 26.1 Å². The summed E-state index contributed by atoms with van der Waals surface area (Å²) in [7, 11) is 1.63. The van der Waals surface area contributed by atoms with Gasteiger partial charge in [0, 0.05) is 44.6 Å². The van der Waals surface area contributed by atoms with Crippen molar-refractivity contribution in [2.24, 2.45) is 0 Å². The molecule has 0 radical (unpaired) electrons. The average Bonchev–Trinajstić information content (AvgIpc) is 3.31. The number of carbonyl (C=O) groups excluding carboxylic acids is 2. The Morgan fingerprint density at radius 2 is 1.79 bits per heavy atom. The molecule has 1 saturated carbocycles. The molecule has 34 heavy (non-hydrogen) atoms. The van der Waals surface area contributed by atoms with Crippen LogP contribution in [-0.2, 0) is 27.4 Å². The predicted molar refractivity (Wildman–Crippen MR) is 135 cm³/mol. The number of hydrogen-bond donors (Lipinski definition) is 0. The number of rotatable bonds is 13. The monoisotopic (exact) mass is 467 g/mol. The van der Waals surface area contributed by atoms with Crippen LogP contribution < -0.4 is 0 Å². The van der Waals surface area contributed by atoms with Crippen molar-refractivity contribution in [1.29, 1.82) is 0 Å². The molecule has 2 amide bonds. The number of methoxy groups -OCH3 is 1. The third-order valence-electron chi connectivity index (χ3n) is 6.78. The Hall–Kier alpha value is -2.60. The molecule has 0 bridgehead atoms. The smallest absolute Gasteiger partial charge is 0.242 e. The van der Waals surface area contributed by atoms with Crippen LogP contribution in [0, 0.1) is 0 Å². The molecular weight excluding hydrogens is 426 g/mol. The molecule has 1 aliphatic rings. The number of unbranched alkanes of at least 4 members (excludes halogenated alkanes) is 1. The second kappa shape index (κ2) is 14.0. The normalized spacial score (nSPS) is 14.2. The van der Waals surface area contributed by atoms with Crippen molar-refractivity contribution >= 4 is 11.8 Å². The van der Waals surface area contributed by atoms with Gasteiger partial charge in [-0.25, -0.2) is 0 Å². The number of hydrogen-bond acceptors (Lipinski definition) is 3. The lowest BCUT2D eigenvalue weighted by Crippen LogP contribution is -2.48. The average molecular weight is 468 g/mol. The molecule has 0 N–H and O–H groups in total. The summed E-state index contributed by atoms with van der Waals surface area (Å²) in [5.74, 6) is 0.0867. The minimum Gasteiger partial charge on any atom is -0.383 e. The van der Waals surface area contributed by atoms with Gasteiger partial charge >= 0.3 is 0 Å². The standard InChI is InChI=1S/C28H41N3O3/c1-3-4-17-27(32)30(19-20-34-2)23-28(33)31(25-14-9-6-10-15-25)22-26-16-11-18-29(26)21-24-12-7-5-8-13-24/h5,7-8,11-13,16,18,25H,3-4,6,9-10,14-15,17,19-23H2,1-2H3. The van der Waals surface area contributed by atoms with Crippen molar-refractivity contribution in [2.75, 3.05) is 26.8 Å². The van der Waals surface area contributed by atoms with Crippen LogP contribution in [0.1, 0.15) is 69.5 Å². The number of ether oxygens (including phenoxy) is 1. The van der Waals surface area contributed by atoms with Crippen LogP contribution in [0.2, 0.25) is 0 Å². The van der Waals surface area contributed by atoms with E-state index in [0.717, 1.165) is 50.8 Å². The molecule has 1 aromatic heterocycles. The Balaban J connectivity index is 1.76. The lowest BCUT2D eigenvalue weighted by atomic mass is 9.94. The fourth-order valence-corrected chi connectivity index (χ4v) is 4.75. The van der Waals surface area contributed by atoms with Gasteiger partial charge in [0.05, 0.1) is 19.7 Å².